The average molecular weight is 973 g/mol. The third kappa shape index (κ3) is 8.60. The van der Waals surface area contributed by atoms with Gasteiger partial charge in [-0.2, -0.15) is 0 Å². The van der Waals surface area contributed by atoms with Gasteiger partial charge in [0.1, 0.15) is 22.3 Å². The molecule has 0 aliphatic rings. The van der Waals surface area contributed by atoms with Crippen LogP contribution >= 0.6 is 0 Å². The molecule has 0 radical (unpaired) electrons. The van der Waals surface area contributed by atoms with E-state index in [1.54, 1.807) is 0 Å². The van der Waals surface area contributed by atoms with Crippen molar-refractivity contribution in [1.29, 1.82) is 0 Å². The molecule has 0 saturated heterocycles. The molecule has 0 fully saturated rings. The third-order valence-electron chi connectivity index (χ3n) is 15.7. The zero-order valence-corrected chi connectivity index (χ0v) is 46.6. The fraction of sp³-hybridized carbons (Fsp3) is 0.286. The van der Waals surface area contributed by atoms with Crippen molar-refractivity contribution in [2.75, 3.05) is 9.80 Å². The maximum absolute atomic E-state index is 6.83. The molecular formula is C70H72N2O2. The van der Waals surface area contributed by atoms with Gasteiger partial charge in [-0.25, -0.2) is 0 Å². The van der Waals surface area contributed by atoms with Gasteiger partial charge in [-0.3, -0.25) is 0 Å². The van der Waals surface area contributed by atoms with E-state index in [2.05, 4.69) is 266 Å². The van der Waals surface area contributed by atoms with Crippen molar-refractivity contribution < 1.29 is 8.83 Å². The van der Waals surface area contributed by atoms with Gasteiger partial charge in [0.15, 0.2) is 0 Å². The number of rotatable bonds is 6. The molecule has 74 heavy (non-hydrogen) atoms. The Hall–Kier alpha value is -7.30. The molecule has 0 N–H and O–H groups in total. The Bertz CT molecular complexity index is 3660. The molecule has 2 heterocycles. The predicted octanol–water partition coefficient (Wildman–Crippen LogP) is 21.2. The molecule has 0 bridgehead atoms. The Kier molecular flexibility index (Phi) is 11.3. The van der Waals surface area contributed by atoms with E-state index in [-0.39, 0.29) is 21.7 Å². The first-order valence-corrected chi connectivity index (χ1v) is 26.6. The quantitative estimate of drug-likeness (QED) is 0.166. The number of anilines is 6. The maximum atomic E-state index is 6.83. The minimum Gasteiger partial charge on any atom is -0.456 e. The Morgan fingerprint density at radius 2 is 0.541 bits per heavy atom. The van der Waals surface area contributed by atoms with Gasteiger partial charge < -0.3 is 18.6 Å². The molecule has 9 aromatic carbocycles. The summed E-state index contributed by atoms with van der Waals surface area (Å²) in [4.78, 5) is 4.94. The minimum absolute atomic E-state index is 0.00107. The highest BCUT2D eigenvalue weighted by atomic mass is 16.3. The summed E-state index contributed by atoms with van der Waals surface area (Å²) in [5, 5.41) is 8.82. The number of fused-ring (bicyclic) bond motifs is 8. The maximum Gasteiger partial charge on any atom is 0.136 e. The molecule has 0 saturated carbocycles. The van der Waals surface area contributed by atoms with E-state index >= 15 is 0 Å². The van der Waals surface area contributed by atoms with Crippen LogP contribution in [0.2, 0.25) is 0 Å². The van der Waals surface area contributed by atoms with E-state index in [0.717, 1.165) is 76.8 Å². The van der Waals surface area contributed by atoms with Gasteiger partial charge in [0.2, 0.25) is 0 Å². The van der Waals surface area contributed by atoms with Crippen LogP contribution in [0.4, 0.5) is 34.1 Å². The lowest BCUT2D eigenvalue weighted by Crippen LogP contribution is -2.18. The smallest absolute Gasteiger partial charge is 0.136 e. The molecule has 0 unspecified atom stereocenters. The van der Waals surface area contributed by atoms with Crippen molar-refractivity contribution in [3.8, 4) is 0 Å². The highest BCUT2D eigenvalue weighted by Crippen LogP contribution is 2.47. The van der Waals surface area contributed by atoms with Crippen molar-refractivity contribution in [3.63, 3.8) is 0 Å². The van der Waals surface area contributed by atoms with E-state index < -0.39 is 0 Å². The largest absolute Gasteiger partial charge is 0.456 e. The van der Waals surface area contributed by atoms with E-state index in [9.17, 15) is 0 Å². The van der Waals surface area contributed by atoms with Gasteiger partial charge in [-0.05, 0) is 200 Å². The Morgan fingerprint density at radius 1 is 0.270 bits per heavy atom. The SMILES string of the molecule is Cc1ccc(C(C)(C)C)cc1N(c1ccc2cc3c(cc2c1)oc1cc2c(cc13)oc1cc3cc(N(c4cc(C(C)(C)C)ccc4C)c4cc(C(C)(C)C)ccc4C)ccc3cc12)c1cc(C(C)(C)C)ccc1C. The van der Waals surface area contributed by atoms with Crippen molar-refractivity contribution in [1.82, 2.24) is 0 Å². The van der Waals surface area contributed by atoms with Gasteiger partial charge in [-0.1, -0.05) is 144 Å². The zero-order chi connectivity index (χ0) is 52.6. The van der Waals surface area contributed by atoms with Crippen LogP contribution in [0, 0.1) is 27.7 Å². The molecule has 0 aliphatic heterocycles. The lowest BCUT2D eigenvalue weighted by molar-refractivity contribution is 0.589. The molecule has 0 aliphatic carbocycles. The first-order valence-electron chi connectivity index (χ1n) is 26.6. The normalized spacial score (nSPS) is 12.9. The van der Waals surface area contributed by atoms with E-state index in [4.69, 9.17) is 8.83 Å². The van der Waals surface area contributed by atoms with Crippen LogP contribution in [0.5, 0.6) is 0 Å². The summed E-state index contributed by atoms with van der Waals surface area (Å²) in [5.41, 5.74) is 20.6. The van der Waals surface area contributed by atoms with Crippen molar-refractivity contribution >= 4 is 99.5 Å². The highest BCUT2D eigenvalue weighted by Gasteiger charge is 2.26. The second-order valence-electron chi connectivity index (χ2n) is 25.5. The lowest BCUT2D eigenvalue weighted by atomic mass is 9.85. The molecule has 2 aromatic heterocycles. The number of benzene rings is 9. The Morgan fingerprint density at radius 3 is 0.824 bits per heavy atom. The molecule has 4 nitrogen and oxygen atoms in total. The fourth-order valence-electron chi connectivity index (χ4n) is 10.9. The van der Waals surface area contributed by atoms with Crippen LogP contribution in [0.1, 0.15) is 128 Å². The van der Waals surface area contributed by atoms with E-state index in [1.165, 1.54) is 67.3 Å². The summed E-state index contributed by atoms with van der Waals surface area (Å²) in [5.74, 6) is 0. The first-order chi connectivity index (χ1) is 34.8. The monoisotopic (exact) mass is 973 g/mol. The van der Waals surface area contributed by atoms with Gasteiger partial charge in [0.25, 0.3) is 0 Å². The predicted molar refractivity (Wildman–Crippen MR) is 319 cm³/mol. The Balaban J connectivity index is 1.02. The summed E-state index contributed by atoms with van der Waals surface area (Å²) in [7, 11) is 0. The number of aryl methyl sites for hydroxylation is 4. The van der Waals surface area contributed by atoms with Gasteiger partial charge in [0, 0.05) is 55.7 Å². The van der Waals surface area contributed by atoms with Crippen LogP contribution in [-0.4, -0.2) is 0 Å². The number of hydrogen-bond acceptors (Lipinski definition) is 4. The molecule has 0 spiro atoms. The Labute approximate surface area is 438 Å². The van der Waals surface area contributed by atoms with Crippen LogP contribution in [-0.2, 0) is 21.7 Å². The molecule has 0 atom stereocenters. The second-order valence-corrected chi connectivity index (χ2v) is 25.5. The number of nitrogens with zero attached hydrogens (tertiary/aromatic N) is 2. The van der Waals surface area contributed by atoms with Gasteiger partial charge >= 0.3 is 0 Å². The van der Waals surface area contributed by atoms with Crippen molar-refractivity contribution in [2.45, 2.75) is 132 Å². The van der Waals surface area contributed by atoms with E-state index in [1.807, 2.05) is 0 Å². The average Bonchev–Trinajstić information content (AvgIpc) is 3.85. The van der Waals surface area contributed by atoms with Crippen LogP contribution in [0.15, 0.2) is 154 Å². The lowest BCUT2D eigenvalue weighted by Gasteiger charge is -2.32. The molecular weight excluding hydrogens is 901 g/mol. The second kappa shape index (κ2) is 17.1. The molecule has 374 valence electrons. The topological polar surface area (TPSA) is 32.8 Å². The van der Waals surface area contributed by atoms with E-state index in [0.29, 0.717) is 0 Å². The van der Waals surface area contributed by atoms with Crippen LogP contribution in [0.3, 0.4) is 0 Å². The van der Waals surface area contributed by atoms with Crippen LogP contribution in [0.25, 0.3) is 65.4 Å². The summed E-state index contributed by atoms with van der Waals surface area (Å²) < 4.78 is 13.7. The van der Waals surface area contributed by atoms with Crippen molar-refractivity contribution in [2.24, 2.45) is 0 Å². The fourth-order valence-corrected chi connectivity index (χ4v) is 10.9. The minimum atomic E-state index is -0.00107. The summed E-state index contributed by atoms with van der Waals surface area (Å²) in [6.45, 7) is 36.4. The summed E-state index contributed by atoms with van der Waals surface area (Å²) in [6.07, 6.45) is 0. The molecule has 11 aromatic rings. The summed E-state index contributed by atoms with van der Waals surface area (Å²) in [6, 6.07) is 55.0. The number of hydrogen-bond donors (Lipinski definition) is 0. The standard InChI is InChI=1S/C70H72N2O2/c1-41-17-23-49(67(5,6)7)35-59(41)71(60-36-50(68(8,9)10)24-18-42(60)2)53-27-21-45-31-55-57-39-66-58(40-65(57)73-63(55)33-47(45)29-53)56-32-46-22-28-54(30-48(46)34-64(56)74-66)72(61-37-51(69(11,12)13)25-19-43(61)3)62-38-52(70(14,15)16)26-20-44(62)4/h17-40H,1-16H3. The van der Waals surface area contributed by atoms with Crippen LogP contribution < -0.4 is 9.80 Å². The number of furan rings is 2. The zero-order valence-electron chi connectivity index (χ0n) is 46.6. The molecule has 4 heteroatoms. The molecule has 11 rings (SSSR count). The third-order valence-corrected chi connectivity index (χ3v) is 15.7. The molecule has 0 amide bonds. The van der Waals surface area contributed by atoms with Gasteiger partial charge in [-0.15, -0.1) is 0 Å². The van der Waals surface area contributed by atoms with Gasteiger partial charge in [0.05, 0.1) is 0 Å². The van der Waals surface area contributed by atoms with Crippen molar-refractivity contribution in [3.05, 3.63) is 190 Å². The first kappa shape index (κ1) is 48.9. The summed E-state index contributed by atoms with van der Waals surface area (Å²) >= 11 is 0. The highest BCUT2D eigenvalue weighted by molar-refractivity contribution is 6.18.